The number of rotatable bonds is 3. The Bertz CT molecular complexity index is 725. The summed E-state index contributed by atoms with van der Waals surface area (Å²) in [4.78, 5) is 13.3. The smallest absolute Gasteiger partial charge is 0.225 e. The van der Waals surface area contributed by atoms with E-state index in [2.05, 4.69) is 19.8 Å². The molecule has 4 nitrogen and oxygen atoms in total. The average Bonchev–Trinajstić information content (AvgIpc) is 2.97. The first kappa shape index (κ1) is 16.4. The first-order valence-electron chi connectivity index (χ1n) is 8.91. The Labute approximate surface area is 146 Å². The van der Waals surface area contributed by atoms with E-state index in [9.17, 15) is 8.78 Å². The number of benzene rings is 1. The van der Waals surface area contributed by atoms with E-state index in [0.29, 0.717) is 24.1 Å². The van der Waals surface area contributed by atoms with Crippen molar-refractivity contribution in [2.45, 2.75) is 31.8 Å². The highest BCUT2D eigenvalue weighted by Gasteiger charge is 2.38. The molecule has 6 heteroatoms. The van der Waals surface area contributed by atoms with Gasteiger partial charge in [0.25, 0.3) is 0 Å². The van der Waals surface area contributed by atoms with Gasteiger partial charge >= 0.3 is 0 Å². The third kappa shape index (κ3) is 3.35. The third-order valence-electron chi connectivity index (χ3n) is 5.39. The summed E-state index contributed by atoms with van der Waals surface area (Å²) in [7, 11) is 0. The summed E-state index contributed by atoms with van der Waals surface area (Å²) in [6, 6.07) is 6.59. The Kier molecular flexibility index (Phi) is 4.61. The summed E-state index contributed by atoms with van der Waals surface area (Å²) in [6.07, 6.45) is 6.96. The molecule has 0 spiro atoms. The van der Waals surface area contributed by atoms with E-state index >= 15 is 0 Å². The first-order valence-corrected chi connectivity index (χ1v) is 8.91. The summed E-state index contributed by atoms with van der Waals surface area (Å²) in [5.74, 6) is -0.213. The van der Waals surface area contributed by atoms with Crippen LogP contribution >= 0.6 is 0 Å². The molecule has 0 bridgehead atoms. The highest BCUT2D eigenvalue weighted by atomic mass is 19.2. The molecular weight excluding hydrogens is 322 g/mol. The van der Waals surface area contributed by atoms with Gasteiger partial charge in [-0.3, -0.25) is 4.90 Å². The number of fused-ring (bicyclic) bond motifs is 1. The second kappa shape index (κ2) is 7.04. The molecule has 0 amide bonds. The van der Waals surface area contributed by atoms with Gasteiger partial charge in [-0.1, -0.05) is 18.6 Å². The minimum atomic E-state index is -0.769. The van der Waals surface area contributed by atoms with Crippen molar-refractivity contribution in [3.63, 3.8) is 0 Å². The van der Waals surface area contributed by atoms with E-state index < -0.39 is 11.6 Å². The predicted octanol–water partition coefficient (Wildman–Crippen LogP) is 3.25. The quantitative estimate of drug-likeness (QED) is 0.856. The molecule has 2 aromatic rings. The maximum atomic E-state index is 14.1. The van der Waals surface area contributed by atoms with Gasteiger partial charge in [-0.15, -0.1) is 0 Å². The molecule has 0 N–H and O–H groups in total. The van der Waals surface area contributed by atoms with Gasteiger partial charge in [0, 0.05) is 43.6 Å². The van der Waals surface area contributed by atoms with Gasteiger partial charge in [0.05, 0.1) is 0 Å². The largest absolute Gasteiger partial charge is 0.339 e. The van der Waals surface area contributed by atoms with Gasteiger partial charge in [0.1, 0.15) is 0 Å². The molecular formula is C19H22F2N4. The maximum Gasteiger partial charge on any atom is 0.225 e. The summed E-state index contributed by atoms with van der Waals surface area (Å²) in [5, 5.41) is 0. The molecule has 2 aliphatic heterocycles. The number of anilines is 1. The molecule has 2 saturated heterocycles. The van der Waals surface area contributed by atoms with Crippen LogP contribution in [0.1, 0.15) is 24.8 Å². The molecule has 132 valence electrons. The van der Waals surface area contributed by atoms with E-state index in [4.69, 9.17) is 0 Å². The molecule has 2 aliphatic rings. The van der Waals surface area contributed by atoms with Crippen LogP contribution in [0.4, 0.5) is 14.7 Å². The Balaban J connectivity index is 1.55. The van der Waals surface area contributed by atoms with Crippen molar-refractivity contribution in [1.82, 2.24) is 14.9 Å². The summed E-state index contributed by atoms with van der Waals surface area (Å²) in [5.41, 5.74) is 0.440. The fraction of sp³-hybridized carbons (Fsp3) is 0.474. The monoisotopic (exact) mass is 344 g/mol. The number of hydrogen-bond acceptors (Lipinski definition) is 4. The van der Waals surface area contributed by atoms with Gasteiger partial charge in [0.15, 0.2) is 11.6 Å². The number of likely N-dealkylation sites (tertiary alicyclic amines) is 1. The second-order valence-electron chi connectivity index (χ2n) is 6.96. The fourth-order valence-corrected chi connectivity index (χ4v) is 4.14. The Hall–Kier alpha value is -2.08. The van der Waals surface area contributed by atoms with E-state index in [1.54, 1.807) is 24.5 Å². The summed E-state index contributed by atoms with van der Waals surface area (Å²) in [6.45, 7) is 3.14. The van der Waals surface area contributed by atoms with Crippen molar-refractivity contribution in [1.29, 1.82) is 0 Å². The highest BCUT2D eigenvalue weighted by molar-refractivity contribution is 5.32. The summed E-state index contributed by atoms with van der Waals surface area (Å²) >= 11 is 0. The van der Waals surface area contributed by atoms with Crippen LogP contribution in [0.3, 0.4) is 0 Å². The van der Waals surface area contributed by atoms with E-state index in [1.165, 1.54) is 12.5 Å². The van der Waals surface area contributed by atoms with Crippen LogP contribution in [0, 0.1) is 17.6 Å². The highest BCUT2D eigenvalue weighted by Crippen LogP contribution is 2.32. The SMILES string of the molecule is Fc1cccc(CN2CCCC[C@H]3CN(c4ncccn4)C[C@H]32)c1F. The standard InChI is InChI=1S/C19H22F2N4/c20-16-7-3-6-15(18(16)21)12-24-10-2-1-5-14-11-25(13-17(14)24)19-22-8-4-9-23-19/h3-4,6-9,14,17H,1-2,5,10-13H2/t14-,17+/m0/s1. The van der Waals surface area contributed by atoms with E-state index in [-0.39, 0.29) is 0 Å². The van der Waals surface area contributed by atoms with Crippen molar-refractivity contribution < 1.29 is 8.78 Å². The molecule has 4 rings (SSSR count). The molecule has 0 saturated carbocycles. The van der Waals surface area contributed by atoms with Crippen molar-refractivity contribution in [2.75, 3.05) is 24.5 Å². The number of nitrogens with zero attached hydrogens (tertiary/aromatic N) is 4. The van der Waals surface area contributed by atoms with Gasteiger partial charge in [-0.25, -0.2) is 18.7 Å². The molecule has 2 atom stereocenters. The third-order valence-corrected chi connectivity index (χ3v) is 5.39. The predicted molar refractivity (Wildman–Crippen MR) is 92.1 cm³/mol. The zero-order chi connectivity index (χ0) is 17.2. The van der Waals surface area contributed by atoms with Crippen LogP contribution in [0.2, 0.25) is 0 Å². The van der Waals surface area contributed by atoms with E-state index in [0.717, 1.165) is 38.4 Å². The fourth-order valence-electron chi connectivity index (χ4n) is 4.14. The molecule has 0 aliphatic carbocycles. The number of hydrogen-bond donors (Lipinski definition) is 0. The van der Waals surface area contributed by atoms with Crippen molar-refractivity contribution in [2.24, 2.45) is 5.92 Å². The van der Waals surface area contributed by atoms with E-state index in [1.807, 2.05) is 6.07 Å². The average molecular weight is 344 g/mol. The maximum absolute atomic E-state index is 14.1. The van der Waals surface area contributed by atoms with Crippen LogP contribution in [-0.2, 0) is 6.54 Å². The van der Waals surface area contributed by atoms with Crippen LogP contribution in [-0.4, -0.2) is 40.5 Å². The Morgan fingerprint density at radius 1 is 1.04 bits per heavy atom. The zero-order valence-electron chi connectivity index (χ0n) is 14.1. The lowest BCUT2D eigenvalue weighted by Gasteiger charge is -2.30. The zero-order valence-corrected chi connectivity index (χ0v) is 14.1. The van der Waals surface area contributed by atoms with Gasteiger partial charge < -0.3 is 4.90 Å². The first-order chi connectivity index (χ1) is 12.2. The lowest BCUT2D eigenvalue weighted by Crippen LogP contribution is -2.40. The number of halogens is 2. The van der Waals surface area contributed by atoms with Crippen LogP contribution < -0.4 is 4.90 Å². The molecule has 1 aromatic heterocycles. The molecule has 2 fully saturated rings. The lowest BCUT2D eigenvalue weighted by atomic mass is 9.98. The Morgan fingerprint density at radius 3 is 2.72 bits per heavy atom. The van der Waals surface area contributed by atoms with Crippen LogP contribution in [0.25, 0.3) is 0 Å². The summed E-state index contributed by atoms with van der Waals surface area (Å²) < 4.78 is 27.7. The molecule has 3 heterocycles. The number of aromatic nitrogens is 2. The molecule has 0 radical (unpaired) electrons. The minimum absolute atomic E-state index is 0.328. The lowest BCUT2D eigenvalue weighted by molar-refractivity contribution is 0.176. The normalized spacial score (nSPS) is 24.2. The second-order valence-corrected chi connectivity index (χ2v) is 6.96. The van der Waals surface area contributed by atoms with Crippen LogP contribution in [0.5, 0.6) is 0 Å². The molecule has 25 heavy (non-hydrogen) atoms. The van der Waals surface area contributed by atoms with Gasteiger partial charge in [0.2, 0.25) is 5.95 Å². The van der Waals surface area contributed by atoms with Crippen LogP contribution in [0.15, 0.2) is 36.7 Å². The molecule has 1 aromatic carbocycles. The van der Waals surface area contributed by atoms with Gasteiger partial charge in [-0.05, 0) is 37.4 Å². The Morgan fingerprint density at radius 2 is 1.88 bits per heavy atom. The molecule has 0 unspecified atom stereocenters. The van der Waals surface area contributed by atoms with Crippen molar-refractivity contribution in [3.8, 4) is 0 Å². The van der Waals surface area contributed by atoms with Crippen molar-refractivity contribution in [3.05, 3.63) is 53.9 Å². The minimum Gasteiger partial charge on any atom is -0.339 e. The topological polar surface area (TPSA) is 32.3 Å². The van der Waals surface area contributed by atoms with Crippen molar-refractivity contribution >= 4 is 5.95 Å². The van der Waals surface area contributed by atoms with Gasteiger partial charge in [-0.2, -0.15) is 0 Å².